The van der Waals surface area contributed by atoms with Crippen LogP contribution >= 0.6 is 0 Å². The van der Waals surface area contributed by atoms with Gasteiger partial charge in [0, 0.05) is 5.56 Å². The molecule has 1 aromatic rings. The summed E-state index contributed by atoms with van der Waals surface area (Å²) < 4.78 is 11.2. The summed E-state index contributed by atoms with van der Waals surface area (Å²) in [5.41, 5.74) is 6.85. The summed E-state index contributed by atoms with van der Waals surface area (Å²) in [4.78, 5) is 10.8. The minimum Gasteiger partial charge on any atom is -0.490 e. The van der Waals surface area contributed by atoms with E-state index in [2.05, 4.69) is 6.92 Å². The second kappa shape index (κ2) is 8.40. The standard InChI is InChI=1S/C15H23NO3/c1-3-5-6-7-8-19-15-13(16)9-12(11-17)10-14(15)18-4-2/h9-11H,3-8,16H2,1-2H3. The van der Waals surface area contributed by atoms with Crippen molar-refractivity contribution >= 4 is 12.0 Å². The molecule has 0 amide bonds. The number of hydrogen-bond donors (Lipinski definition) is 1. The topological polar surface area (TPSA) is 61.5 Å². The van der Waals surface area contributed by atoms with Crippen LogP contribution in [0.25, 0.3) is 0 Å². The fourth-order valence-corrected chi connectivity index (χ4v) is 1.83. The summed E-state index contributed by atoms with van der Waals surface area (Å²) in [7, 11) is 0. The molecule has 2 N–H and O–H groups in total. The number of nitrogens with two attached hydrogens (primary N) is 1. The number of hydrogen-bond acceptors (Lipinski definition) is 4. The summed E-state index contributed by atoms with van der Waals surface area (Å²) in [5, 5.41) is 0. The smallest absolute Gasteiger partial charge is 0.184 e. The SMILES string of the molecule is CCCCCCOc1c(N)cc(C=O)cc1OCC. The molecule has 0 aromatic heterocycles. The van der Waals surface area contributed by atoms with Crippen LogP contribution in [0.5, 0.6) is 11.5 Å². The first kappa shape index (κ1) is 15.3. The Kier molecular flexibility index (Phi) is 6.79. The van der Waals surface area contributed by atoms with E-state index in [0.29, 0.717) is 36.0 Å². The van der Waals surface area contributed by atoms with Crippen LogP contribution in [0, 0.1) is 0 Å². The normalized spacial score (nSPS) is 10.2. The van der Waals surface area contributed by atoms with E-state index in [9.17, 15) is 4.79 Å². The van der Waals surface area contributed by atoms with Crippen LogP contribution in [-0.4, -0.2) is 19.5 Å². The lowest BCUT2D eigenvalue weighted by atomic mass is 10.2. The average molecular weight is 265 g/mol. The molecule has 106 valence electrons. The molecule has 0 saturated heterocycles. The Balaban J connectivity index is 2.71. The summed E-state index contributed by atoms with van der Waals surface area (Å²) in [6.07, 6.45) is 5.30. The molecule has 4 nitrogen and oxygen atoms in total. The van der Waals surface area contributed by atoms with Gasteiger partial charge in [-0.3, -0.25) is 4.79 Å². The molecule has 0 atom stereocenters. The molecule has 0 spiro atoms. The van der Waals surface area contributed by atoms with E-state index in [4.69, 9.17) is 15.2 Å². The van der Waals surface area contributed by atoms with Gasteiger partial charge < -0.3 is 15.2 Å². The first-order valence-electron chi connectivity index (χ1n) is 6.87. The summed E-state index contributed by atoms with van der Waals surface area (Å²) in [5.74, 6) is 1.09. The predicted molar refractivity (Wildman–Crippen MR) is 77.0 cm³/mol. The van der Waals surface area contributed by atoms with E-state index in [0.717, 1.165) is 19.1 Å². The average Bonchev–Trinajstić information content (AvgIpc) is 2.41. The van der Waals surface area contributed by atoms with E-state index in [-0.39, 0.29) is 0 Å². The van der Waals surface area contributed by atoms with Gasteiger partial charge in [0.25, 0.3) is 0 Å². The third kappa shape index (κ3) is 4.81. The van der Waals surface area contributed by atoms with Gasteiger partial charge in [-0.15, -0.1) is 0 Å². The van der Waals surface area contributed by atoms with Gasteiger partial charge >= 0.3 is 0 Å². The Bertz CT molecular complexity index is 405. The number of nitrogen functional groups attached to an aromatic ring is 1. The van der Waals surface area contributed by atoms with E-state index in [1.54, 1.807) is 12.1 Å². The second-order valence-corrected chi connectivity index (χ2v) is 4.40. The van der Waals surface area contributed by atoms with Gasteiger partial charge in [0.05, 0.1) is 18.9 Å². The molecule has 0 aliphatic carbocycles. The van der Waals surface area contributed by atoms with Gasteiger partial charge in [-0.25, -0.2) is 0 Å². The lowest BCUT2D eigenvalue weighted by Crippen LogP contribution is -2.04. The minimum atomic E-state index is 0.448. The van der Waals surface area contributed by atoms with Crippen molar-refractivity contribution < 1.29 is 14.3 Å². The molecule has 0 saturated carbocycles. The first-order chi connectivity index (χ1) is 9.22. The van der Waals surface area contributed by atoms with Crippen LogP contribution in [0.2, 0.25) is 0 Å². The van der Waals surface area contributed by atoms with Crippen molar-refractivity contribution in [2.75, 3.05) is 18.9 Å². The van der Waals surface area contributed by atoms with Gasteiger partial charge in [0.1, 0.15) is 6.29 Å². The molecule has 19 heavy (non-hydrogen) atoms. The summed E-state index contributed by atoms with van der Waals surface area (Å²) in [6.45, 7) is 5.18. The van der Waals surface area contributed by atoms with Crippen molar-refractivity contribution in [2.45, 2.75) is 39.5 Å². The second-order valence-electron chi connectivity index (χ2n) is 4.40. The zero-order chi connectivity index (χ0) is 14.1. The fourth-order valence-electron chi connectivity index (χ4n) is 1.83. The molecular formula is C15H23NO3. The van der Waals surface area contributed by atoms with E-state index in [1.165, 1.54) is 12.8 Å². The first-order valence-corrected chi connectivity index (χ1v) is 6.87. The maximum Gasteiger partial charge on any atom is 0.184 e. The van der Waals surface area contributed by atoms with Crippen LogP contribution < -0.4 is 15.2 Å². The highest BCUT2D eigenvalue weighted by molar-refractivity contribution is 5.80. The number of aldehydes is 1. The number of ether oxygens (including phenoxy) is 2. The molecule has 0 unspecified atom stereocenters. The van der Waals surface area contributed by atoms with Crippen molar-refractivity contribution in [1.82, 2.24) is 0 Å². The van der Waals surface area contributed by atoms with Gasteiger partial charge in [-0.2, -0.15) is 0 Å². The maximum absolute atomic E-state index is 10.8. The quantitative estimate of drug-likeness (QED) is 0.422. The number of carbonyl (C=O) groups excluding carboxylic acids is 1. The molecule has 0 heterocycles. The molecule has 0 radical (unpaired) electrons. The monoisotopic (exact) mass is 265 g/mol. The van der Waals surface area contributed by atoms with Gasteiger partial charge in [-0.05, 0) is 25.5 Å². The fraction of sp³-hybridized carbons (Fsp3) is 0.533. The Morgan fingerprint density at radius 2 is 1.95 bits per heavy atom. The number of anilines is 1. The number of carbonyl (C=O) groups is 1. The molecule has 1 aromatic carbocycles. The highest BCUT2D eigenvalue weighted by Gasteiger charge is 2.11. The summed E-state index contributed by atoms with van der Waals surface area (Å²) in [6, 6.07) is 3.27. The Morgan fingerprint density at radius 1 is 1.16 bits per heavy atom. The number of rotatable bonds is 9. The van der Waals surface area contributed by atoms with E-state index < -0.39 is 0 Å². The van der Waals surface area contributed by atoms with Crippen LogP contribution in [0.3, 0.4) is 0 Å². The lowest BCUT2D eigenvalue weighted by Gasteiger charge is -2.14. The van der Waals surface area contributed by atoms with Crippen LogP contribution in [0.15, 0.2) is 12.1 Å². The molecule has 0 bridgehead atoms. The zero-order valence-electron chi connectivity index (χ0n) is 11.8. The van der Waals surface area contributed by atoms with Crippen LogP contribution in [0.4, 0.5) is 5.69 Å². The third-order valence-electron chi connectivity index (χ3n) is 2.79. The largest absolute Gasteiger partial charge is 0.490 e. The molecule has 0 fully saturated rings. The van der Waals surface area contributed by atoms with Crippen molar-refractivity contribution in [3.8, 4) is 11.5 Å². The Hall–Kier alpha value is -1.71. The molecule has 1 rings (SSSR count). The molecule has 4 heteroatoms. The molecule has 0 aliphatic rings. The summed E-state index contributed by atoms with van der Waals surface area (Å²) >= 11 is 0. The van der Waals surface area contributed by atoms with Crippen molar-refractivity contribution in [3.63, 3.8) is 0 Å². The zero-order valence-corrected chi connectivity index (χ0v) is 11.8. The van der Waals surface area contributed by atoms with Gasteiger partial charge in [-0.1, -0.05) is 26.2 Å². The minimum absolute atomic E-state index is 0.448. The van der Waals surface area contributed by atoms with Crippen molar-refractivity contribution in [3.05, 3.63) is 17.7 Å². The van der Waals surface area contributed by atoms with E-state index in [1.807, 2.05) is 6.92 Å². The van der Waals surface area contributed by atoms with Gasteiger partial charge in [0.2, 0.25) is 0 Å². The molecule has 0 aliphatic heterocycles. The maximum atomic E-state index is 10.8. The van der Waals surface area contributed by atoms with Crippen LogP contribution in [0.1, 0.15) is 49.9 Å². The predicted octanol–water partition coefficient (Wildman–Crippen LogP) is 3.44. The van der Waals surface area contributed by atoms with Crippen molar-refractivity contribution in [1.29, 1.82) is 0 Å². The van der Waals surface area contributed by atoms with E-state index >= 15 is 0 Å². The Morgan fingerprint density at radius 3 is 2.58 bits per heavy atom. The highest BCUT2D eigenvalue weighted by Crippen LogP contribution is 2.35. The third-order valence-corrected chi connectivity index (χ3v) is 2.79. The molecular weight excluding hydrogens is 242 g/mol. The Labute approximate surface area is 114 Å². The highest BCUT2D eigenvalue weighted by atomic mass is 16.5. The van der Waals surface area contributed by atoms with Gasteiger partial charge in [0.15, 0.2) is 11.5 Å². The van der Waals surface area contributed by atoms with Crippen molar-refractivity contribution in [2.24, 2.45) is 0 Å². The number of unbranched alkanes of at least 4 members (excludes halogenated alkanes) is 3. The van der Waals surface area contributed by atoms with Crippen LogP contribution in [-0.2, 0) is 0 Å². The number of benzene rings is 1. The lowest BCUT2D eigenvalue weighted by molar-refractivity contribution is 0.112.